The lowest BCUT2D eigenvalue weighted by Gasteiger charge is -2.33. The number of rotatable bonds is 7. The van der Waals surface area contributed by atoms with Gasteiger partial charge in [-0.2, -0.15) is 26.3 Å². The fraction of sp³-hybridized carbons (Fsp3) is 0.381. The Balaban J connectivity index is 1.77. The maximum absolute atomic E-state index is 14.6. The predicted molar refractivity (Wildman–Crippen MR) is 109 cm³/mol. The zero-order chi connectivity index (χ0) is 26.4. The molecule has 0 aliphatic heterocycles. The molecule has 1 aliphatic rings. The van der Waals surface area contributed by atoms with Crippen LogP contribution in [0.1, 0.15) is 29.5 Å². The average Bonchev–Trinajstić information content (AvgIpc) is 3.53. The van der Waals surface area contributed by atoms with E-state index in [1.807, 2.05) is 0 Å². The van der Waals surface area contributed by atoms with Gasteiger partial charge in [0.2, 0.25) is 15.9 Å². The van der Waals surface area contributed by atoms with Crippen molar-refractivity contribution in [2.75, 3.05) is 5.32 Å². The second kappa shape index (κ2) is 9.06. The van der Waals surface area contributed by atoms with Crippen molar-refractivity contribution in [3.63, 3.8) is 0 Å². The second-order valence-electron chi connectivity index (χ2n) is 8.07. The van der Waals surface area contributed by atoms with Gasteiger partial charge in [0.05, 0.1) is 11.3 Å². The van der Waals surface area contributed by atoms with Crippen molar-refractivity contribution in [3.05, 3.63) is 58.9 Å². The number of benzene rings is 2. The minimum absolute atomic E-state index is 0.0242. The topological polar surface area (TPSA) is 95.5 Å². The summed E-state index contributed by atoms with van der Waals surface area (Å²) in [6.07, 6.45) is -11.4. The highest BCUT2D eigenvalue weighted by molar-refractivity contribution is 7.89. The van der Waals surface area contributed by atoms with Gasteiger partial charge in [-0.1, -0.05) is 18.2 Å². The van der Waals surface area contributed by atoms with Crippen LogP contribution in [-0.2, 0) is 26.8 Å². The summed E-state index contributed by atoms with van der Waals surface area (Å²) in [5, 5.41) is 11.6. The van der Waals surface area contributed by atoms with Crippen LogP contribution in [0.2, 0.25) is 0 Å². The summed E-state index contributed by atoms with van der Waals surface area (Å²) in [6.45, 7) is 0.841. The number of aliphatic hydroxyl groups is 1. The van der Waals surface area contributed by atoms with E-state index < -0.39 is 56.5 Å². The lowest BCUT2D eigenvalue weighted by molar-refractivity contribution is -0.377. The first-order chi connectivity index (χ1) is 16.0. The van der Waals surface area contributed by atoms with Crippen molar-refractivity contribution in [2.45, 2.75) is 55.1 Å². The van der Waals surface area contributed by atoms with Crippen molar-refractivity contribution < 1.29 is 49.1 Å². The van der Waals surface area contributed by atoms with Crippen LogP contribution in [0, 0.1) is 12.7 Å². The Morgan fingerprint density at radius 2 is 1.54 bits per heavy atom. The minimum Gasteiger partial charge on any atom is -0.369 e. The Bertz CT molecular complexity index is 1210. The first-order valence-electron chi connectivity index (χ1n) is 10.0. The summed E-state index contributed by atoms with van der Waals surface area (Å²) in [5.74, 6) is -2.79. The number of carbonyl (C=O) groups excluding carboxylic acids is 1. The normalized spacial score (nSPS) is 15.2. The first-order valence-corrected chi connectivity index (χ1v) is 11.5. The minimum atomic E-state index is -6.27. The summed E-state index contributed by atoms with van der Waals surface area (Å²) in [5.41, 5.74) is -8.32. The smallest absolute Gasteiger partial charge is 0.369 e. The van der Waals surface area contributed by atoms with Crippen LogP contribution in [0.5, 0.6) is 0 Å². The molecule has 6 nitrogen and oxygen atoms in total. The Kier molecular flexibility index (Phi) is 6.96. The second-order valence-corrected chi connectivity index (χ2v) is 9.78. The van der Waals surface area contributed by atoms with E-state index in [9.17, 15) is 49.1 Å². The number of amides is 1. The molecule has 0 heterocycles. The number of hydrogen-bond acceptors (Lipinski definition) is 4. The largest absolute Gasteiger partial charge is 0.430 e. The molecule has 0 unspecified atom stereocenters. The van der Waals surface area contributed by atoms with Crippen molar-refractivity contribution >= 4 is 21.6 Å². The number of nitrogens with one attached hydrogen (secondary N) is 2. The van der Waals surface area contributed by atoms with Crippen LogP contribution in [0.3, 0.4) is 0 Å². The Labute approximate surface area is 195 Å². The van der Waals surface area contributed by atoms with E-state index in [4.69, 9.17) is 0 Å². The Hall–Kier alpha value is -2.71. The summed E-state index contributed by atoms with van der Waals surface area (Å²) in [7, 11) is -3.71. The van der Waals surface area contributed by atoms with Crippen LogP contribution in [-0.4, -0.2) is 37.8 Å². The number of halogens is 7. The van der Waals surface area contributed by atoms with Gasteiger partial charge >= 0.3 is 12.4 Å². The maximum atomic E-state index is 14.6. The molecule has 0 atom stereocenters. The van der Waals surface area contributed by atoms with Gasteiger partial charge in [-0.3, -0.25) is 4.79 Å². The van der Waals surface area contributed by atoms with Crippen molar-refractivity contribution in [1.82, 2.24) is 4.72 Å². The highest BCUT2D eigenvalue weighted by Gasteiger charge is 2.72. The Morgan fingerprint density at radius 3 is 2.03 bits per heavy atom. The third-order valence-electron chi connectivity index (χ3n) is 5.37. The molecule has 0 radical (unpaired) electrons. The zero-order valence-electron chi connectivity index (χ0n) is 17.9. The van der Waals surface area contributed by atoms with Crippen LogP contribution in [0.25, 0.3) is 0 Å². The van der Waals surface area contributed by atoms with E-state index >= 15 is 0 Å². The van der Waals surface area contributed by atoms with Gasteiger partial charge < -0.3 is 10.4 Å². The van der Waals surface area contributed by atoms with Gasteiger partial charge in [0.1, 0.15) is 5.82 Å². The lowest BCUT2D eigenvalue weighted by Crippen LogP contribution is -2.54. The Morgan fingerprint density at radius 1 is 1.00 bits per heavy atom. The SMILES string of the molecule is Cc1c(NC(=O)Cc2ccc(S(=O)(=O)NC3CC3)cc2)ccc(C(O)(C(F)(F)F)C(F)(F)F)c1F. The fourth-order valence-electron chi connectivity index (χ4n) is 3.22. The molecular weight excluding hydrogens is 509 g/mol. The highest BCUT2D eigenvalue weighted by Crippen LogP contribution is 2.51. The predicted octanol–water partition coefficient (Wildman–Crippen LogP) is 4.07. The lowest BCUT2D eigenvalue weighted by atomic mass is 9.90. The monoisotopic (exact) mass is 528 g/mol. The van der Waals surface area contributed by atoms with Crippen molar-refractivity contribution in [1.29, 1.82) is 0 Å². The summed E-state index contributed by atoms with van der Waals surface area (Å²) in [4.78, 5) is 12.3. The molecule has 1 saturated carbocycles. The molecule has 1 fully saturated rings. The van der Waals surface area contributed by atoms with E-state index in [0.29, 0.717) is 11.6 Å². The third kappa shape index (κ3) is 5.43. The number of alkyl halides is 6. The average molecular weight is 528 g/mol. The standard InChI is InChI=1S/C21H19F7N2O4S/c1-11-16(9-8-15(18(11)22)19(32,20(23,24)25)21(26,27)28)29-17(31)10-12-2-6-14(7-3-12)35(33,34)30-13-4-5-13/h2-3,6-9,13,30,32H,4-5,10H2,1H3,(H,29,31). The summed E-state index contributed by atoms with van der Waals surface area (Å²) >= 11 is 0. The molecule has 2 aromatic rings. The number of anilines is 1. The molecule has 2 aromatic carbocycles. The van der Waals surface area contributed by atoms with Gasteiger partial charge in [-0.05, 0) is 43.5 Å². The molecule has 0 saturated heterocycles. The molecular formula is C21H19F7N2O4S. The molecule has 14 heteroatoms. The molecule has 0 spiro atoms. The van der Waals surface area contributed by atoms with Crippen molar-refractivity contribution in [3.8, 4) is 0 Å². The summed E-state index contributed by atoms with van der Waals surface area (Å²) in [6, 6.07) is 5.85. The summed E-state index contributed by atoms with van der Waals surface area (Å²) < 4.78 is 120. The molecule has 3 rings (SSSR count). The van der Waals surface area contributed by atoms with Gasteiger partial charge in [0.25, 0.3) is 5.60 Å². The molecule has 1 aliphatic carbocycles. The van der Waals surface area contributed by atoms with Gasteiger partial charge in [0, 0.05) is 22.9 Å². The van der Waals surface area contributed by atoms with Crippen LogP contribution in [0.15, 0.2) is 41.3 Å². The van der Waals surface area contributed by atoms with Gasteiger partial charge in [-0.15, -0.1) is 0 Å². The van der Waals surface area contributed by atoms with E-state index in [-0.39, 0.29) is 23.4 Å². The molecule has 1 amide bonds. The van der Waals surface area contributed by atoms with Gasteiger partial charge in [0.15, 0.2) is 0 Å². The fourth-order valence-corrected chi connectivity index (χ4v) is 4.53. The number of carbonyl (C=O) groups is 1. The highest BCUT2D eigenvalue weighted by atomic mass is 32.2. The van der Waals surface area contributed by atoms with E-state index in [1.165, 1.54) is 24.3 Å². The molecule has 192 valence electrons. The quantitative estimate of drug-likeness (QED) is 0.473. The third-order valence-corrected chi connectivity index (χ3v) is 6.90. The molecule has 35 heavy (non-hydrogen) atoms. The van der Waals surface area contributed by atoms with Crippen LogP contribution >= 0.6 is 0 Å². The molecule has 0 aromatic heterocycles. The number of hydrogen-bond donors (Lipinski definition) is 3. The van der Waals surface area contributed by atoms with E-state index in [1.54, 1.807) is 0 Å². The molecule has 0 bridgehead atoms. The molecule has 3 N–H and O–H groups in total. The van der Waals surface area contributed by atoms with Crippen molar-refractivity contribution in [2.24, 2.45) is 0 Å². The first kappa shape index (κ1) is 26.9. The van der Waals surface area contributed by atoms with Crippen LogP contribution < -0.4 is 10.0 Å². The zero-order valence-corrected chi connectivity index (χ0v) is 18.7. The van der Waals surface area contributed by atoms with Gasteiger partial charge in [-0.25, -0.2) is 17.5 Å². The number of sulfonamides is 1. The van der Waals surface area contributed by atoms with E-state index in [2.05, 4.69) is 10.0 Å². The maximum Gasteiger partial charge on any atom is 0.430 e. The van der Waals surface area contributed by atoms with E-state index in [0.717, 1.165) is 19.8 Å². The van der Waals surface area contributed by atoms with Crippen LogP contribution in [0.4, 0.5) is 36.4 Å².